The predicted octanol–water partition coefficient (Wildman–Crippen LogP) is 3.87. The minimum Gasteiger partial charge on any atom is -0.447 e. The molecule has 1 aliphatic rings. The van der Waals surface area contributed by atoms with Gasteiger partial charge in [-0.15, -0.1) is 0 Å². The summed E-state index contributed by atoms with van der Waals surface area (Å²) in [5, 5.41) is 2.74. The summed E-state index contributed by atoms with van der Waals surface area (Å²) < 4.78 is 19.3. The van der Waals surface area contributed by atoms with Crippen molar-refractivity contribution in [3.05, 3.63) is 70.0 Å². The Morgan fingerprint density at radius 1 is 1.31 bits per heavy atom. The molecule has 2 aromatic rings. The second-order valence-corrected chi connectivity index (χ2v) is 6.57. The molecule has 1 saturated heterocycles. The first-order chi connectivity index (χ1) is 12.5. The SMILES string of the molecule is O=C(C=Cc1cc(Br)ccc1F)NCc1cccc(N2CCOC2=O)c1. The lowest BCUT2D eigenvalue weighted by Crippen LogP contribution is -2.24. The average Bonchev–Trinajstić information content (AvgIpc) is 3.07. The number of nitrogens with one attached hydrogen (secondary N) is 1. The highest BCUT2D eigenvalue weighted by molar-refractivity contribution is 9.10. The summed E-state index contributed by atoms with van der Waals surface area (Å²) in [6.45, 7) is 1.17. The Hall–Kier alpha value is -2.67. The number of carbonyl (C=O) groups excluding carboxylic acids is 2. The highest BCUT2D eigenvalue weighted by Gasteiger charge is 2.23. The Bertz CT molecular complexity index is 870. The summed E-state index contributed by atoms with van der Waals surface area (Å²) in [5.41, 5.74) is 1.90. The Morgan fingerprint density at radius 3 is 2.92 bits per heavy atom. The summed E-state index contributed by atoms with van der Waals surface area (Å²) in [6, 6.07) is 11.8. The van der Waals surface area contributed by atoms with Crippen molar-refractivity contribution in [2.75, 3.05) is 18.1 Å². The standard InChI is InChI=1S/C19H16BrFN2O3/c20-15-5-6-17(21)14(11-15)4-7-18(24)22-12-13-2-1-3-16(10-13)23-8-9-26-19(23)25/h1-7,10-11H,8-9,12H2,(H,22,24). The molecule has 1 aliphatic heterocycles. The number of carbonyl (C=O) groups is 2. The number of hydrogen-bond acceptors (Lipinski definition) is 3. The molecule has 7 heteroatoms. The molecule has 0 bridgehead atoms. The van der Waals surface area contributed by atoms with Crippen molar-refractivity contribution in [1.82, 2.24) is 5.32 Å². The Balaban J connectivity index is 1.60. The van der Waals surface area contributed by atoms with Gasteiger partial charge >= 0.3 is 6.09 Å². The molecule has 1 heterocycles. The van der Waals surface area contributed by atoms with Crippen molar-refractivity contribution in [2.24, 2.45) is 0 Å². The maximum absolute atomic E-state index is 13.6. The van der Waals surface area contributed by atoms with Gasteiger partial charge in [0.2, 0.25) is 5.91 Å². The highest BCUT2D eigenvalue weighted by Crippen LogP contribution is 2.20. The van der Waals surface area contributed by atoms with Gasteiger partial charge in [-0.05, 0) is 42.0 Å². The summed E-state index contributed by atoms with van der Waals surface area (Å²) in [7, 11) is 0. The normalized spacial score (nSPS) is 13.9. The number of nitrogens with zero attached hydrogens (tertiary/aromatic N) is 1. The van der Waals surface area contributed by atoms with Gasteiger partial charge in [-0.3, -0.25) is 9.69 Å². The number of amides is 2. The zero-order chi connectivity index (χ0) is 18.5. The Morgan fingerprint density at radius 2 is 2.15 bits per heavy atom. The Labute approximate surface area is 158 Å². The summed E-state index contributed by atoms with van der Waals surface area (Å²) >= 11 is 3.27. The third-order valence-electron chi connectivity index (χ3n) is 3.82. The summed E-state index contributed by atoms with van der Waals surface area (Å²) in [6.07, 6.45) is 2.34. The van der Waals surface area contributed by atoms with Crippen LogP contribution in [0.2, 0.25) is 0 Å². The predicted molar refractivity (Wildman–Crippen MR) is 100 cm³/mol. The van der Waals surface area contributed by atoms with E-state index in [1.165, 1.54) is 18.2 Å². The van der Waals surface area contributed by atoms with Crippen LogP contribution in [0.15, 0.2) is 53.0 Å². The molecule has 134 valence electrons. The molecule has 0 spiro atoms. The molecule has 1 N–H and O–H groups in total. The number of ether oxygens (including phenoxy) is 1. The Kier molecular flexibility index (Phi) is 5.68. The van der Waals surface area contributed by atoms with Crippen molar-refractivity contribution in [3.8, 4) is 0 Å². The van der Waals surface area contributed by atoms with Gasteiger partial charge < -0.3 is 10.1 Å². The van der Waals surface area contributed by atoms with Crippen molar-refractivity contribution < 1.29 is 18.7 Å². The highest BCUT2D eigenvalue weighted by atomic mass is 79.9. The molecular formula is C19H16BrFN2O3. The zero-order valence-electron chi connectivity index (χ0n) is 13.7. The summed E-state index contributed by atoms with van der Waals surface area (Å²) in [4.78, 5) is 25.1. The van der Waals surface area contributed by atoms with Gasteiger partial charge in [0, 0.05) is 28.3 Å². The third-order valence-corrected chi connectivity index (χ3v) is 4.32. The van der Waals surface area contributed by atoms with Crippen LogP contribution in [-0.2, 0) is 16.1 Å². The minimum atomic E-state index is -0.401. The van der Waals surface area contributed by atoms with Gasteiger partial charge in [0.15, 0.2) is 0 Å². The first-order valence-corrected chi connectivity index (χ1v) is 8.76. The van der Waals surface area contributed by atoms with Crippen LogP contribution in [0, 0.1) is 5.82 Å². The van der Waals surface area contributed by atoms with E-state index in [2.05, 4.69) is 21.2 Å². The molecule has 0 atom stereocenters. The molecule has 2 amide bonds. The van der Waals surface area contributed by atoms with E-state index in [-0.39, 0.29) is 12.0 Å². The minimum absolute atomic E-state index is 0.293. The van der Waals surface area contributed by atoms with Crippen LogP contribution in [0.3, 0.4) is 0 Å². The lowest BCUT2D eigenvalue weighted by molar-refractivity contribution is -0.116. The second kappa shape index (κ2) is 8.14. The van der Waals surface area contributed by atoms with Gasteiger partial charge in [-0.2, -0.15) is 0 Å². The number of anilines is 1. The first-order valence-electron chi connectivity index (χ1n) is 7.97. The lowest BCUT2D eigenvalue weighted by Gasteiger charge is -2.13. The van der Waals surface area contributed by atoms with Gasteiger partial charge in [0.25, 0.3) is 0 Å². The summed E-state index contributed by atoms with van der Waals surface area (Å²) in [5.74, 6) is -0.738. The van der Waals surface area contributed by atoms with E-state index in [0.717, 1.165) is 15.7 Å². The second-order valence-electron chi connectivity index (χ2n) is 5.65. The monoisotopic (exact) mass is 418 g/mol. The van der Waals surface area contributed by atoms with Crippen LogP contribution in [-0.4, -0.2) is 25.2 Å². The van der Waals surface area contributed by atoms with Crippen molar-refractivity contribution in [2.45, 2.75) is 6.54 Å². The zero-order valence-corrected chi connectivity index (χ0v) is 15.3. The van der Waals surface area contributed by atoms with Crippen LogP contribution >= 0.6 is 15.9 Å². The van der Waals surface area contributed by atoms with Gasteiger partial charge in [0.05, 0.1) is 6.54 Å². The van der Waals surface area contributed by atoms with E-state index in [4.69, 9.17) is 4.74 Å². The number of hydrogen-bond donors (Lipinski definition) is 1. The molecule has 0 radical (unpaired) electrons. The maximum atomic E-state index is 13.6. The number of benzene rings is 2. The van der Waals surface area contributed by atoms with E-state index >= 15 is 0 Å². The molecule has 3 rings (SSSR count). The largest absolute Gasteiger partial charge is 0.447 e. The first kappa shape index (κ1) is 18.1. The van der Waals surface area contributed by atoms with Crippen LogP contribution in [0.5, 0.6) is 0 Å². The number of rotatable bonds is 5. The molecular weight excluding hydrogens is 403 g/mol. The molecule has 0 saturated carbocycles. The quantitative estimate of drug-likeness (QED) is 0.749. The van der Waals surface area contributed by atoms with Crippen LogP contribution in [0.1, 0.15) is 11.1 Å². The van der Waals surface area contributed by atoms with Gasteiger partial charge in [-0.25, -0.2) is 9.18 Å². The smallest absolute Gasteiger partial charge is 0.414 e. The van der Waals surface area contributed by atoms with E-state index < -0.39 is 5.82 Å². The van der Waals surface area contributed by atoms with Gasteiger partial charge in [0.1, 0.15) is 12.4 Å². The molecule has 5 nitrogen and oxygen atoms in total. The van der Waals surface area contributed by atoms with E-state index in [9.17, 15) is 14.0 Å². The molecule has 26 heavy (non-hydrogen) atoms. The van der Waals surface area contributed by atoms with Crippen molar-refractivity contribution in [3.63, 3.8) is 0 Å². The lowest BCUT2D eigenvalue weighted by atomic mass is 10.2. The van der Waals surface area contributed by atoms with E-state index in [0.29, 0.717) is 25.3 Å². The fourth-order valence-corrected chi connectivity index (χ4v) is 2.90. The number of halogens is 2. The fourth-order valence-electron chi connectivity index (χ4n) is 2.52. The molecule has 0 aromatic heterocycles. The van der Waals surface area contributed by atoms with Gasteiger partial charge in [-0.1, -0.05) is 28.1 Å². The number of cyclic esters (lactones) is 1. The van der Waals surface area contributed by atoms with Crippen molar-refractivity contribution in [1.29, 1.82) is 0 Å². The molecule has 2 aromatic carbocycles. The third kappa shape index (κ3) is 4.49. The molecule has 0 unspecified atom stereocenters. The van der Waals surface area contributed by atoms with Crippen molar-refractivity contribution >= 4 is 39.7 Å². The van der Waals surface area contributed by atoms with Crippen LogP contribution in [0.4, 0.5) is 14.9 Å². The van der Waals surface area contributed by atoms with Crippen LogP contribution < -0.4 is 10.2 Å². The fraction of sp³-hybridized carbons (Fsp3) is 0.158. The maximum Gasteiger partial charge on any atom is 0.414 e. The topological polar surface area (TPSA) is 58.6 Å². The average molecular weight is 419 g/mol. The van der Waals surface area contributed by atoms with E-state index in [1.54, 1.807) is 17.0 Å². The van der Waals surface area contributed by atoms with E-state index in [1.807, 2.05) is 24.3 Å². The van der Waals surface area contributed by atoms with Crippen LogP contribution in [0.25, 0.3) is 6.08 Å². The molecule has 0 aliphatic carbocycles. The molecule has 1 fully saturated rings.